The molecule has 0 saturated carbocycles. The topological polar surface area (TPSA) is 55.8 Å². The Kier molecular flexibility index (Phi) is 7.33. The molecule has 0 unspecified atom stereocenters. The van der Waals surface area contributed by atoms with Crippen molar-refractivity contribution in [3.05, 3.63) is 54.7 Å². The number of nitrogens with one attached hydrogen (secondary N) is 2. The van der Waals surface area contributed by atoms with E-state index >= 15 is 0 Å². The van der Waals surface area contributed by atoms with Gasteiger partial charge in [-0.3, -0.25) is 4.99 Å². The Balaban J connectivity index is 1.32. The number of piperazine rings is 1. The molecule has 1 aromatic carbocycles. The van der Waals surface area contributed by atoms with Crippen molar-refractivity contribution in [3.63, 3.8) is 0 Å². The first-order valence-electron chi connectivity index (χ1n) is 9.77. The number of anilines is 2. The molecule has 27 heavy (non-hydrogen) atoms. The molecular formula is C21H30N6. The highest BCUT2D eigenvalue weighted by molar-refractivity contribution is 5.80. The summed E-state index contributed by atoms with van der Waals surface area (Å²) >= 11 is 0. The van der Waals surface area contributed by atoms with Crippen molar-refractivity contribution in [3.8, 4) is 0 Å². The van der Waals surface area contributed by atoms with Gasteiger partial charge in [-0.05, 0) is 37.1 Å². The van der Waals surface area contributed by atoms with Gasteiger partial charge in [-0.2, -0.15) is 0 Å². The molecule has 0 amide bonds. The SMILES string of the molecule is CN=C(NCCCCNc1ccccn1)N1CCN(c2ccccc2)CC1. The van der Waals surface area contributed by atoms with Crippen molar-refractivity contribution in [1.82, 2.24) is 15.2 Å². The Labute approximate surface area is 162 Å². The average Bonchev–Trinajstić information content (AvgIpc) is 2.75. The smallest absolute Gasteiger partial charge is 0.193 e. The molecule has 1 fully saturated rings. The number of hydrogen-bond donors (Lipinski definition) is 2. The number of guanidine groups is 1. The number of pyridine rings is 1. The van der Waals surface area contributed by atoms with E-state index in [1.165, 1.54) is 5.69 Å². The van der Waals surface area contributed by atoms with Crippen molar-refractivity contribution in [1.29, 1.82) is 0 Å². The van der Waals surface area contributed by atoms with E-state index in [0.717, 1.165) is 63.9 Å². The number of rotatable bonds is 7. The van der Waals surface area contributed by atoms with E-state index in [2.05, 4.69) is 60.7 Å². The predicted molar refractivity (Wildman–Crippen MR) is 114 cm³/mol. The van der Waals surface area contributed by atoms with Gasteiger partial charge in [0.1, 0.15) is 5.82 Å². The molecule has 1 aliphatic rings. The summed E-state index contributed by atoms with van der Waals surface area (Å²) in [5, 5.41) is 6.85. The Bertz CT molecular complexity index is 680. The van der Waals surface area contributed by atoms with Gasteiger partial charge in [-0.15, -0.1) is 0 Å². The fourth-order valence-electron chi connectivity index (χ4n) is 3.28. The summed E-state index contributed by atoms with van der Waals surface area (Å²) in [6.45, 7) is 5.92. The maximum absolute atomic E-state index is 4.46. The first-order valence-corrected chi connectivity index (χ1v) is 9.77. The molecule has 0 bridgehead atoms. The highest BCUT2D eigenvalue weighted by atomic mass is 15.3. The molecule has 6 heteroatoms. The molecule has 3 rings (SSSR count). The maximum Gasteiger partial charge on any atom is 0.193 e. The largest absolute Gasteiger partial charge is 0.370 e. The third-order valence-electron chi connectivity index (χ3n) is 4.77. The summed E-state index contributed by atoms with van der Waals surface area (Å²) in [7, 11) is 1.87. The Morgan fingerprint density at radius 1 is 0.963 bits per heavy atom. The lowest BCUT2D eigenvalue weighted by Crippen LogP contribution is -2.52. The lowest BCUT2D eigenvalue weighted by atomic mass is 10.2. The Hall–Kier alpha value is -2.76. The van der Waals surface area contributed by atoms with Crippen LogP contribution in [0.2, 0.25) is 0 Å². The third-order valence-corrected chi connectivity index (χ3v) is 4.77. The monoisotopic (exact) mass is 366 g/mol. The van der Waals surface area contributed by atoms with Crippen LogP contribution in [0.5, 0.6) is 0 Å². The van der Waals surface area contributed by atoms with Gasteiger partial charge in [-0.25, -0.2) is 4.98 Å². The normalized spacial score (nSPS) is 14.9. The lowest BCUT2D eigenvalue weighted by molar-refractivity contribution is 0.372. The molecule has 0 atom stereocenters. The van der Waals surface area contributed by atoms with Crippen LogP contribution in [0.3, 0.4) is 0 Å². The summed E-state index contributed by atoms with van der Waals surface area (Å²) < 4.78 is 0. The molecule has 1 aromatic heterocycles. The number of nitrogens with zero attached hydrogens (tertiary/aromatic N) is 4. The molecule has 1 aliphatic heterocycles. The minimum atomic E-state index is 0.938. The van der Waals surface area contributed by atoms with E-state index in [-0.39, 0.29) is 0 Å². The van der Waals surface area contributed by atoms with Gasteiger partial charge in [0.25, 0.3) is 0 Å². The maximum atomic E-state index is 4.46. The molecule has 1 saturated heterocycles. The first kappa shape index (κ1) is 19.0. The molecule has 2 heterocycles. The van der Waals surface area contributed by atoms with Gasteiger partial charge in [0.15, 0.2) is 5.96 Å². The van der Waals surface area contributed by atoms with Crippen LogP contribution in [0, 0.1) is 0 Å². The molecule has 6 nitrogen and oxygen atoms in total. The number of aliphatic imine (C=N–C) groups is 1. The molecule has 0 spiro atoms. The van der Waals surface area contributed by atoms with Crippen LogP contribution in [0.25, 0.3) is 0 Å². The summed E-state index contributed by atoms with van der Waals surface area (Å²) in [6, 6.07) is 16.6. The van der Waals surface area contributed by atoms with Gasteiger partial charge in [-0.1, -0.05) is 24.3 Å². The van der Waals surface area contributed by atoms with Crippen molar-refractivity contribution >= 4 is 17.5 Å². The highest BCUT2D eigenvalue weighted by Gasteiger charge is 2.19. The number of unbranched alkanes of at least 4 members (excludes halogenated alkanes) is 1. The van der Waals surface area contributed by atoms with E-state index in [1.807, 2.05) is 31.4 Å². The Morgan fingerprint density at radius 3 is 2.41 bits per heavy atom. The minimum absolute atomic E-state index is 0.938. The van der Waals surface area contributed by atoms with Crippen molar-refractivity contribution in [2.45, 2.75) is 12.8 Å². The molecule has 144 valence electrons. The van der Waals surface area contributed by atoms with Crippen LogP contribution in [-0.2, 0) is 0 Å². The molecule has 2 N–H and O–H groups in total. The van der Waals surface area contributed by atoms with E-state index in [4.69, 9.17) is 0 Å². The van der Waals surface area contributed by atoms with Crippen LogP contribution >= 0.6 is 0 Å². The van der Waals surface area contributed by atoms with E-state index in [0.29, 0.717) is 0 Å². The summed E-state index contributed by atoms with van der Waals surface area (Å²) in [5.41, 5.74) is 1.31. The molecule has 0 aliphatic carbocycles. The second-order valence-electron chi connectivity index (χ2n) is 6.63. The lowest BCUT2D eigenvalue weighted by Gasteiger charge is -2.37. The second-order valence-corrected chi connectivity index (χ2v) is 6.63. The predicted octanol–water partition coefficient (Wildman–Crippen LogP) is 2.67. The van der Waals surface area contributed by atoms with E-state index in [1.54, 1.807) is 0 Å². The zero-order valence-corrected chi connectivity index (χ0v) is 16.1. The Morgan fingerprint density at radius 2 is 1.70 bits per heavy atom. The minimum Gasteiger partial charge on any atom is -0.370 e. The van der Waals surface area contributed by atoms with Crippen molar-refractivity contribution < 1.29 is 0 Å². The highest BCUT2D eigenvalue weighted by Crippen LogP contribution is 2.15. The van der Waals surface area contributed by atoms with E-state index < -0.39 is 0 Å². The fraction of sp³-hybridized carbons (Fsp3) is 0.429. The van der Waals surface area contributed by atoms with Crippen LogP contribution in [0.4, 0.5) is 11.5 Å². The standard InChI is InChI=1S/C21H30N6/c1-22-21(25-14-8-7-13-24-20-11-5-6-12-23-20)27-17-15-26(16-18-27)19-9-3-2-4-10-19/h2-6,9-12H,7-8,13-18H2,1H3,(H,22,25)(H,23,24). The van der Waals surface area contributed by atoms with Crippen LogP contribution < -0.4 is 15.5 Å². The first-order chi connectivity index (χ1) is 13.4. The molecule has 2 aromatic rings. The number of hydrogen-bond acceptors (Lipinski definition) is 4. The third kappa shape index (κ3) is 5.88. The van der Waals surface area contributed by atoms with Crippen molar-refractivity contribution in [2.75, 3.05) is 56.5 Å². The molecule has 0 radical (unpaired) electrons. The number of benzene rings is 1. The van der Waals surface area contributed by atoms with Crippen LogP contribution in [0.1, 0.15) is 12.8 Å². The number of para-hydroxylation sites is 1. The summed E-state index contributed by atoms with van der Waals surface area (Å²) in [5.74, 6) is 1.96. The quantitative estimate of drug-likeness (QED) is 0.448. The van der Waals surface area contributed by atoms with Gasteiger partial charge in [0.05, 0.1) is 0 Å². The number of aromatic nitrogens is 1. The molecular weight excluding hydrogens is 336 g/mol. The van der Waals surface area contributed by atoms with Crippen molar-refractivity contribution in [2.24, 2.45) is 4.99 Å². The van der Waals surface area contributed by atoms with Gasteiger partial charge in [0, 0.05) is 58.2 Å². The van der Waals surface area contributed by atoms with Gasteiger partial charge < -0.3 is 20.4 Å². The second kappa shape index (κ2) is 10.4. The van der Waals surface area contributed by atoms with E-state index in [9.17, 15) is 0 Å². The zero-order valence-electron chi connectivity index (χ0n) is 16.1. The van der Waals surface area contributed by atoms with Gasteiger partial charge >= 0.3 is 0 Å². The fourth-order valence-corrected chi connectivity index (χ4v) is 3.28. The zero-order chi connectivity index (χ0) is 18.7. The van der Waals surface area contributed by atoms with Gasteiger partial charge in [0.2, 0.25) is 0 Å². The average molecular weight is 367 g/mol. The van der Waals surface area contributed by atoms with Crippen LogP contribution in [-0.4, -0.2) is 62.2 Å². The summed E-state index contributed by atoms with van der Waals surface area (Å²) in [4.78, 5) is 13.5. The summed E-state index contributed by atoms with van der Waals surface area (Å²) in [6.07, 6.45) is 4.01. The van der Waals surface area contributed by atoms with Crippen LogP contribution in [0.15, 0.2) is 59.7 Å².